The molecule has 1 N–H and O–H groups in total. The van der Waals surface area contributed by atoms with Crippen molar-refractivity contribution < 1.29 is 18.3 Å². The third-order valence-corrected chi connectivity index (χ3v) is 5.79. The molecule has 2 aromatic carbocycles. The van der Waals surface area contributed by atoms with E-state index in [9.17, 15) is 8.78 Å². The van der Waals surface area contributed by atoms with E-state index < -0.39 is 0 Å². The Hall–Kier alpha value is -2.14. The van der Waals surface area contributed by atoms with E-state index in [2.05, 4.69) is 12.2 Å². The van der Waals surface area contributed by atoms with E-state index in [1.165, 1.54) is 12.1 Å². The number of ether oxygens (including phenoxy) is 2. The molecule has 4 rings (SSSR count). The van der Waals surface area contributed by atoms with E-state index in [0.29, 0.717) is 5.92 Å². The van der Waals surface area contributed by atoms with Crippen molar-refractivity contribution in [1.29, 1.82) is 0 Å². The van der Waals surface area contributed by atoms with Crippen molar-refractivity contribution in [2.24, 2.45) is 5.92 Å². The van der Waals surface area contributed by atoms with Crippen LogP contribution in [0.15, 0.2) is 36.4 Å². The second kappa shape index (κ2) is 8.48. The molecule has 0 fully saturated rings. The molecule has 150 valence electrons. The number of hydrogen-bond donors (Lipinski definition) is 1. The summed E-state index contributed by atoms with van der Waals surface area (Å²) in [5.74, 6) is 1.60. The van der Waals surface area contributed by atoms with Crippen LogP contribution in [0.1, 0.15) is 37.3 Å². The van der Waals surface area contributed by atoms with Crippen molar-refractivity contribution >= 4 is 0 Å². The van der Waals surface area contributed by atoms with Crippen LogP contribution in [-0.2, 0) is 12.8 Å². The number of benzene rings is 2. The summed E-state index contributed by atoms with van der Waals surface area (Å²) in [6.45, 7) is 3.93. The average Bonchev–Trinajstić information content (AvgIpc) is 2.70. The minimum Gasteiger partial charge on any atom is -0.490 e. The molecular weight excluding hydrogens is 360 g/mol. The van der Waals surface area contributed by atoms with Gasteiger partial charge in [0.05, 0.1) is 0 Å². The van der Waals surface area contributed by atoms with Crippen molar-refractivity contribution in [3.8, 4) is 11.5 Å². The van der Waals surface area contributed by atoms with Crippen molar-refractivity contribution in [3.63, 3.8) is 0 Å². The molecule has 28 heavy (non-hydrogen) atoms. The van der Waals surface area contributed by atoms with Gasteiger partial charge in [-0.15, -0.1) is 0 Å². The Morgan fingerprint density at radius 1 is 0.964 bits per heavy atom. The van der Waals surface area contributed by atoms with Gasteiger partial charge in [0.1, 0.15) is 35.3 Å². The van der Waals surface area contributed by atoms with Gasteiger partial charge in [-0.3, -0.25) is 0 Å². The number of halogens is 2. The molecule has 0 amide bonds. The summed E-state index contributed by atoms with van der Waals surface area (Å²) in [7, 11) is 0. The molecule has 2 heterocycles. The Morgan fingerprint density at radius 3 is 2.32 bits per heavy atom. The zero-order chi connectivity index (χ0) is 19.5. The van der Waals surface area contributed by atoms with Crippen LogP contribution >= 0.6 is 0 Å². The van der Waals surface area contributed by atoms with E-state index in [1.807, 2.05) is 0 Å². The SMILES string of the molecule is CC(CNCCC1CCc2cc(F)ccc2O1)C1CCc2cc(F)ccc2O1. The summed E-state index contributed by atoms with van der Waals surface area (Å²) < 4.78 is 38.7. The van der Waals surface area contributed by atoms with Gasteiger partial charge >= 0.3 is 0 Å². The van der Waals surface area contributed by atoms with Gasteiger partial charge < -0.3 is 14.8 Å². The zero-order valence-corrected chi connectivity index (χ0v) is 16.2. The standard InChI is InChI=1S/C23H27F2NO2/c1-15(21-7-3-17-13-19(25)5-9-23(17)28-21)14-26-11-10-20-6-2-16-12-18(24)4-8-22(16)27-20/h4-5,8-9,12-13,15,20-21,26H,2-3,6-7,10-11,14H2,1H3. The largest absolute Gasteiger partial charge is 0.490 e. The van der Waals surface area contributed by atoms with Crippen LogP contribution in [0, 0.1) is 17.6 Å². The lowest BCUT2D eigenvalue weighted by Gasteiger charge is -2.31. The second-order valence-corrected chi connectivity index (χ2v) is 7.95. The smallest absolute Gasteiger partial charge is 0.123 e. The predicted octanol–water partition coefficient (Wildman–Crippen LogP) is 4.67. The highest BCUT2D eigenvalue weighted by Gasteiger charge is 2.25. The molecular formula is C23H27F2NO2. The van der Waals surface area contributed by atoms with Gasteiger partial charge in [-0.2, -0.15) is 0 Å². The number of hydrogen-bond acceptors (Lipinski definition) is 3. The first-order chi connectivity index (χ1) is 13.6. The van der Waals surface area contributed by atoms with E-state index in [1.54, 1.807) is 24.3 Å². The summed E-state index contributed by atoms with van der Waals surface area (Å²) in [6.07, 6.45) is 4.82. The van der Waals surface area contributed by atoms with E-state index >= 15 is 0 Å². The summed E-state index contributed by atoms with van der Waals surface area (Å²) >= 11 is 0. The zero-order valence-electron chi connectivity index (χ0n) is 16.2. The molecule has 0 saturated carbocycles. The normalized spacial score (nSPS) is 21.8. The minimum atomic E-state index is -0.201. The van der Waals surface area contributed by atoms with Gasteiger partial charge in [0, 0.05) is 12.5 Å². The summed E-state index contributed by atoms with van der Waals surface area (Å²) in [5, 5.41) is 3.52. The van der Waals surface area contributed by atoms with Crippen LogP contribution in [0.2, 0.25) is 0 Å². The van der Waals surface area contributed by atoms with Crippen molar-refractivity contribution in [2.75, 3.05) is 13.1 Å². The van der Waals surface area contributed by atoms with Gasteiger partial charge in [0.2, 0.25) is 0 Å². The predicted molar refractivity (Wildman–Crippen MR) is 105 cm³/mol. The third-order valence-electron chi connectivity index (χ3n) is 5.79. The first-order valence-corrected chi connectivity index (χ1v) is 10.2. The maximum absolute atomic E-state index is 13.3. The molecule has 0 saturated heterocycles. The highest BCUT2D eigenvalue weighted by atomic mass is 19.1. The molecule has 0 aliphatic carbocycles. The molecule has 3 nitrogen and oxygen atoms in total. The highest BCUT2D eigenvalue weighted by Crippen LogP contribution is 2.31. The minimum absolute atomic E-state index is 0.151. The van der Waals surface area contributed by atoms with Gasteiger partial charge in [-0.25, -0.2) is 8.78 Å². The maximum atomic E-state index is 13.3. The molecule has 0 aromatic heterocycles. The fourth-order valence-electron chi connectivity index (χ4n) is 4.12. The lowest BCUT2D eigenvalue weighted by Crippen LogP contribution is -2.37. The Labute approximate surface area is 165 Å². The Kier molecular flexibility index (Phi) is 5.81. The number of aryl methyl sites for hydroxylation is 2. The van der Waals surface area contributed by atoms with E-state index in [0.717, 1.165) is 67.8 Å². The van der Waals surface area contributed by atoms with Crippen LogP contribution in [0.25, 0.3) is 0 Å². The second-order valence-electron chi connectivity index (χ2n) is 7.95. The summed E-state index contributed by atoms with van der Waals surface area (Å²) in [4.78, 5) is 0. The average molecular weight is 387 g/mol. The summed E-state index contributed by atoms with van der Waals surface area (Å²) in [5.41, 5.74) is 1.93. The van der Waals surface area contributed by atoms with Gasteiger partial charge in [0.25, 0.3) is 0 Å². The maximum Gasteiger partial charge on any atom is 0.123 e. The molecule has 2 aromatic rings. The third kappa shape index (κ3) is 4.46. The van der Waals surface area contributed by atoms with Gasteiger partial charge in [-0.1, -0.05) is 6.92 Å². The van der Waals surface area contributed by atoms with Crippen LogP contribution < -0.4 is 14.8 Å². The quantitative estimate of drug-likeness (QED) is 0.731. The molecule has 2 aliphatic heterocycles. The number of rotatable bonds is 6. The Bertz CT molecular complexity index is 826. The molecule has 0 spiro atoms. The van der Waals surface area contributed by atoms with E-state index in [4.69, 9.17) is 9.47 Å². The summed E-state index contributed by atoms with van der Waals surface area (Å²) in [6, 6.07) is 9.53. The van der Waals surface area contributed by atoms with Crippen LogP contribution in [0.5, 0.6) is 11.5 Å². The van der Waals surface area contributed by atoms with E-state index in [-0.39, 0.29) is 23.8 Å². The fraction of sp³-hybridized carbons (Fsp3) is 0.478. The number of nitrogens with one attached hydrogen (secondary N) is 1. The Balaban J connectivity index is 1.20. The van der Waals surface area contributed by atoms with Gasteiger partial charge in [-0.05, 0) is 86.2 Å². The molecule has 2 aliphatic rings. The van der Waals surface area contributed by atoms with Crippen molar-refractivity contribution in [3.05, 3.63) is 59.2 Å². The first kappa shape index (κ1) is 19.2. The van der Waals surface area contributed by atoms with Crippen LogP contribution in [0.3, 0.4) is 0 Å². The van der Waals surface area contributed by atoms with Gasteiger partial charge in [0.15, 0.2) is 0 Å². The molecule has 3 unspecified atom stereocenters. The van der Waals surface area contributed by atoms with Crippen molar-refractivity contribution in [2.45, 2.75) is 51.2 Å². The molecule has 3 atom stereocenters. The topological polar surface area (TPSA) is 30.5 Å². The number of fused-ring (bicyclic) bond motifs is 2. The molecule has 5 heteroatoms. The van der Waals surface area contributed by atoms with Crippen molar-refractivity contribution in [1.82, 2.24) is 5.32 Å². The fourth-order valence-corrected chi connectivity index (χ4v) is 4.12. The monoisotopic (exact) mass is 387 g/mol. The first-order valence-electron chi connectivity index (χ1n) is 10.2. The lowest BCUT2D eigenvalue weighted by atomic mass is 9.94. The molecule has 0 radical (unpaired) electrons. The van der Waals surface area contributed by atoms with Crippen LogP contribution in [0.4, 0.5) is 8.78 Å². The Morgan fingerprint density at radius 2 is 1.61 bits per heavy atom. The molecule has 0 bridgehead atoms. The lowest BCUT2D eigenvalue weighted by molar-refractivity contribution is 0.116. The van der Waals surface area contributed by atoms with Crippen LogP contribution in [-0.4, -0.2) is 25.3 Å². The highest BCUT2D eigenvalue weighted by molar-refractivity contribution is 5.36.